The minimum atomic E-state index is -1.79. The zero-order valence-electron chi connectivity index (χ0n) is 27.5. The normalized spacial score (nSPS) is 16.5. The standard InChI is InChI=1S/C37H34Cl2N4O8/c1-21(2)33(42-34(47)24-15-23-11-6-7-14-27(23)40-19-24)29-18-37(51-43-29,17-22-9-4-3-5-10-22)36(49)41-28(16-31(45)46)30(44)20-50-35(48)32-25(38)12-8-13-26(32)39/h3-15,18-19,21,28,33,43H,16-17,20H2,1-2H3,(H,41,49)(H,42,47)(H,45,46)/t28-,33-,37?/m0/s1. The van der Waals surface area contributed by atoms with Crippen LogP contribution in [0.4, 0.5) is 0 Å². The van der Waals surface area contributed by atoms with Gasteiger partial charge in [-0.1, -0.05) is 91.6 Å². The first-order chi connectivity index (χ1) is 24.4. The van der Waals surface area contributed by atoms with Crippen LogP contribution in [-0.2, 0) is 30.4 Å². The Hall–Kier alpha value is -5.30. The van der Waals surface area contributed by atoms with Crippen LogP contribution in [0, 0.1) is 5.92 Å². The Morgan fingerprint density at radius 3 is 2.31 bits per heavy atom. The number of aromatic nitrogens is 1. The fraction of sp³-hybridized carbons (Fsp3) is 0.243. The molecule has 3 aromatic carbocycles. The molecule has 0 spiro atoms. The molecule has 1 aliphatic heterocycles. The second kappa shape index (κ2) is 16.2. The molecular formula is C37H34Cl2N4O8. The van der Waals surface area contributed by atoms with Gasteiger partial charge in [0.15, 0.2) is 18.0 Å². The highest BCUT2D eigenvalue weighted by Crippen LogP contribution is 2.30. The van der Waals surface area contributed by atoms with Crippen LogP contribution < -0.4 is 16.1 Å². The number of benzene rings is 3. The fourth-order valence-corrected chi connectivity index (χ4v) is 6.07. The first kappa shape index (κ1) is 37.0. The van der Waals surface area contributed by atoms with Crippen LogP contribution in [-0.4, -0.2) is 63.9 Å². The number of esters is 1. The van der Waals surface area contributed by atoms with Crippen LogP contribution in [0.5, 0.6) is 0 Å². The maximum atomic E-state index is 14.1. The Morgan fingerprint density at radius 2 is 1.63 bits per heavy atom. The molecule has 0 saturated heterocycles. The number of hydrogen-bond acceptors (Lipinski definition) is 9. The number of halogens is 2. The number of para-hydroxylation sites is 1. The van der Waals surface area contributed by atoms with Gasteiger partial charge in [-0.05, 0) is 41.8 Å². The summed E-state index contributed by atoms with van der Waals surface area (Å²) in [6.45, 7) is 2.87. The molecule has 1 aliphatic rings. The van der Waals surface area contributed by atoms with Crippen molar-refractivity contribution >= 4 is 63.6 Å². The van der Waals surface area contributed by atoms with E-state index >= 15 is 0 Å². The maximum Gasteiger partial charge on any atom is 0.341 e. The zero-order valence-corrected chi connectivity index (χ0v) is 29.0. The minimum Gasteiger partial charge on any atom is -0.481 e. The van der Waals surface area contributed by atoms with Crippen LogP contribution in [0.3, 0.4) is 0 Å². The van der Waals surface area contributed by atoms with Crippen LogP contribution in [0.1, 0.15) is 46.5 Å². The first-order valence-corrected chi connectivity index (χ1v) is 16.7. The number of carbonyl (C=O) groups excluding carboxylic acids is 4. The van der Waals surface area contributed by atoms with Gasteiger partial charge in [-0.15, -0.1) is 0 Å². The van der Waals surface area contributed by atoms with Crippen molar-refractivity contribution in [2.45, 2.75) is 44.4 Å². The summed E-state index contributed by atoms with van der Waals surface area (Å²) in [5.74, 6) is -4.73. The number of carboxylic acid groups (broad SMARTS) is 1. The minimum absolute atomic E-state index is 0.00325. The summed E-state index contributed by atoms with van der Waals surface area (Å²) >= 11 is 12.1. The molecule has 1 unspecified atom stereocenters. The van der Waals surface area contributed by atoms with E-state index in [-0.39, 0.29) is 27.9 Å². The van der Waals surface area contributed by atoms with Gasteiger partial charge in [0.2, 0.25) is 0 Å². The summed E-state index contributed by atoms with van der Waals surface area (Å²) in [5, 5.41) is 15.9. The van der Waals surface area contributed by atoms with Gasteiger partial charge in [-0.2, -0.15) is 0 Å². The Balaban J connectivity index is 1.39. The third kappa shape index (κ3) is 8.90. The van der Waals surface area contributed by atoms with Crippen molar-refractivity contribution in [2.24, 2.45) is 5.92 Å². The number of ketones is 1. The van der Waals surface area contributed by atoms with E-state index in [0.717, 1.165) is 10.9 Å². The lowest BCUT2D eigenvalue weighted by atomic mass is 9.90. The van der Waals surface area contributed by atoms with Gasteiger partial charge in [-0.3, -0.25) is 34.5 Å². The average Bonchev–Trinajstić information content (AvgIpc) is 3.53. The van der Waals surface area contributed by atoms with Crippen LogP contribution in [0.2, 0.25) is 10.0 Å². The number of nitrogens with zero attached hydrogens (tertiary/aromatic N) is 1. The highest BCUT2D eigenvalue weighted by molar-refractivity contribution is 6.39. The number of ether oxygens (including phenoxy) is 1. The number of fused-ring (bicyclic) bond motifs is 1. The Morgan fingerprint density at radius 1 is 0.941 bits per heavy atom. The number of hydrogen-bond donors (Lipinski definition) is 4. The molecule has 51 heavy (non-hydrogen) atoms. The summed E-state index contributed by atoms with van der Waals surface area (Å²) in [6, 6.07) is 20.1. The second-order valence-electron chi connectivity index (χ2n) is 12.2. The summed E-state index contributed by atoms with van der Waals surface area (Å²) in [6.07, 6.45) is 2.15. The van der Waals surface area contributed by atoms with Crippen molar-refractivity contribution in [3.05, 3.63) is 124 Å². The zero-order chi connectivity index (χ0) is 36.7. The molecular weight excluding hydrogens is 699 g/mol. The predicted octanol–water partition coefficient (Wildman–Crippen LogP) is 5.08. The number of hydroxylamine groups is 1. The molecule has 2 amide bonds. The molecule has 0 fully saturated rings. The third-order valence-corrected chi connectivity index (χ3v) is 8.79. The predicted molar refractivity (Wildman–Crippen MR) is 189 cm³/mol. The van der Waals surface area contributed by atoms with E-state index in [0.29, 0.717) is 16.8 Å². The molecule has 3 atom stereocenters. The first-order valence-electron chi connectivity index (χ1n) is 15.9. The van der Waals surface area contributed by atoms with Crippen molar-refractivity contribution in [2.75, 3.05) is 6.61 Å². The molecule has 1 aromatic heterocycles. The Kier molecular flexibility index (Phi) is 11.7. The number of carbonyl (C=O) groups is 5. The van der Waals surface area contributed by atoms with Gasteiger partial charge >= 0.3 is 11.9 Å². The molecule has 4 aromatic rings. The Bertz CT molecular complexity index is 1980. The van der Waals surface area contributed by atoms with E-state index < -0.39 is 60.2 Å². The molecule has 0 bridgehead atoms. The molecule has 264 valence electrons. The maximum absolute atomic E-state index is 14.1. The van der Waals surface area contributed by atoms with Crippen molar-refractivity contribution in [3.63, 3.8) is 0 Å². The largest absolute Gasteiger partial charge is 0.481 e. The summed E-state index contributed by atoms with van der Waals surface area (Å²) in [7, 11) is 0. The number of carboxylic acids is 1. The summed E-state index contributed by atoms with van der Waals surface area (Å²) < 4.78 is 5.11. The summed E-state index contributed by atoms with van der Waals surface area (Å²) in [5.41, 5.74) is 2.97. The molecule has 5 rings (SSSR count). The van der Waals surface area contributed by atoms with Crippen molar-refractivity contribution in [3.8, 4) is 0 Å². The molecule has 4 N–H and O–H groups in total. The second-order valence-corrected chi connectivity index (χ2v) is 13.0. The molecule has 0 saturated carbocycles. The number of aliphatic carboxylic acids is 1. The highest BCUT2D eigenvalue weighted by Gasteiger charge is 2.46. The van der Waals surface area contributed by atoms with Gasteiger partial charge in [0.25, 0.3) is 11.8 Å². The van der Waals surface area contributed by atoms with Crippen LogP contribution >= 0.6 is 23.2 Å². The lowest BCUT2D eigenvalue weighted by Crippen LogP contribution is -2.54. The molecule has 14 heteroatoms. The number of Topliss-reactive ketones (excluding diaryl/α,β-unsaturated/α-hetero) is 1. The molecule has 0 aliphatic carbocycles. The lowest BCUT2D eigenvalue weighted by molar-refractivity contribution is -0.148. The fourth-order valence-electron chi connectivity index (χ4n) is 5.52. The van der Waals surface area contributed by atoms with E-state index in [1.54, 1.807) is 36.4 Å². The van der Waals surface area contributed by atoms with Gasteiger partial charge in [0.1, 0.15) is 6.04 Å². The lowest BCUT2D eigenvalue weighted by Gasteiger charge is -2.27. The highest BCUT2D eigenvalue weighted by atomic mass is 35.5. The molecule has 2 heterocycles. The van der Waals surface area contributed by atoms with Crippen LogP contribution in [0.15, 0.2) is 96.8 Å². The monoisotopic (exact) mass is 732 g/mol. The number of pyridine rings is 1. The van der Waals surface area contributed by atoms with Crippen molar-refractivity contribution in [1.29, 1.82) is 0 Å². The Labute approximate surface area is 303 Å². The van der Waals surface area contributed by atoms with Gasteiger partial charge in [0, 0.05) is 18.0 Å². The number of rotatable bonds is 14. The third-order valence-electron chi connectivity index (χ3n) is 8.16. The SMILES string of the molecule is CC(C)[C@H](NC(=O)c1cnc2ccccc2c1)C1=CC(Cc2ccccc2)(C(=O)N[C@@H](CC(=O)O)C(=O)COC(=O)c2c(Cl)cccc2Cl)ON1. The van der Waals surface area contributed by atoms with E-state index in [1.807, 2.05) is 38.1 Å². The van der Waals surface area contributed by atoms with Gasteiger partial charge in [0.05, 0.1) is 44.8 Å². The average molecular weight is 734 g/mol. The number of nitrogens with one attached hydrogen (secondary N) is 3. The van der Waals surface area contributed by atoms with Gasteiger partial charge < -0.3 is 20.5 Å². The molecule has 12 nitrogen and oxygen atoms in total. The molecule has 0 radical (unpaired) electrons. The van der Waals surface area contributed by atoms with Crippen molar-refractivity contribution in [1.82, 2.24) is 21.1 Å². The van der Waals surface area contributed by atoms with E-state index in [9.17, 15) is 29.1 Å². The smallest absolute Gasteiger partial charge is 0.341 e. The van der Waals surface area contributed by atoms with Crippen LogP contribution in [0.25, 0.3) is 10.9 Å². The quantitative estimate of drug-likeness (QED) is 0.128. The number of amides is 2. The van der Waals surface area contributed by atoms with E-state index in [1.165, 1.54) is 30.5 Å². The van der Waals surface area contributed by atoms with E-state index in [2.05, 4.69) is 21.1 Å². The summed E-state index contributed by atoms with van der Waals surface area (Å²) in [4.78, 5) is 75.6. The topological polar surface area (TPSA) is 173 Å². The van der Waals surface area contributed by atoms with Crippen molar-refractivity contribution < 1.29 is 38.7 Å². The van der Waals surface area contributed by atoms with Gasteiger partial charge in [-0.25, -0.2) is 4.79 Å². The van der Waals surface area contributed by atoms with E-state index in [4.69, 9.17) is 32.8 Å².